The number of fused-ring (bicyclic) bond motifs is 1. The first-order valence-corrected chi connectivity index (χ1v) is 3.58. The molecule has 2 aromatic heterocycles. The molecule has 0 radical (unpaired) electrons. The summed E-state index contributed by atoms with van der Waals surface area (Å²) in [4.78, 5) is 7.40. The van der Waals surface area contributed by atoms with Crippen LogP contribution in [0.4, 0.5) is 0 Å². The average molecular weight is 275 g/mol. The summed E-state index contributed by atoms with van der Waals surface area (Å²) in [6.07, 6.45) is 1.90. The standard InChI is InChI=1S/C8H9N3.HI/c1-6-3-4-7-8(10-6)9-5-11(7)2;/h3-5H,1-2H3;1H. The van der Waals surface area contributed by atoms with Gasteiger partial charge in [-0.05, 0) is 19.1 Å². The third-order valence-electron chi connectivity index (χ3n) is 1.79. The van der Waals surface area contributed by atoms with Crippen molar-refractivity contribution in [3.8, 4) is 0 Å². The van der Waals surface area contributed by atoms with E-state index in [1.54, 1.807) is 0 Å². The highest BCUT2D eigenvalue weighted by Crippen LogP contribution is 2.03. The van der Waals surface area contributed by atoms with Gasteiger partial charge in [-0.1, -0.05) is 0 Å². The van der Waals surface area contributed by atoms with Crippen molar-refractivity contribution in [1.29, 1.82) is 0 Å². The number of rotatable bonds is 0. The molecule has 64 valence electrons. The van der Waals surface area contributed by atoms with E-state index in [2.05, 4.69) is 16.0 Å². The van der Waals surface area contributed by atoms with Crippen LogP contribution >= 0.6 is 0 Å². The van der Waals surface area contributed by atoms with E-state index in [1.807, 2.05) is 30.9 Å². The van der Waals surface area contributed by atoms with E-state index in [4.69, 9.17) is 0 Å². The summed E-state index contributed by atoms with van der Waals surface area (Å²) in [7, 11) is 2.00. The molecular weight excluding hydrogens is 265 g/mol. The van der Waals surface area contributed by atoms with Crippen molar-refractivity contribution >= 4 is 11.2 Å². The maximum Gasteiger partial charge on any atom is 0.266 e. The summed E-state index contributed by atoms with van der Waals surface area (Å²) < 4.78 is 2.02. The van der Waals surface area contributed by atoms with Crippen LogP contribution in [0.3, 0.4) is 0 Å². The zero-order chi connectivity index (χ0) is 7.84. The van der Waals surface area contributed by atoms with Crippen LogP contribution in [0, 0.1) is 6.92 Å². The van der Waals surface area contributed by atoms with E-state index in [0.29, 0.717) is 0 Å². The summed E-state index contributed by atoms with van der Waals surface area (Å²) in [6, 6.07) is 4.07. The lowest BCUT2D eigenvalue weighted by Gasteiger charge is -1.87. The Kier molecular flexibility index (Phi) is 2.66. The minimum Gasteiger partial charge on any atom is -1.00 e. The first kappa shape index (κ1) is 9.44. The van der Waals surface area contributed by atoms with E-state index < -0.39 is 0 Å². The number of hydrogen-bond donors (Lipinski definition) is 1. The maximum absolute atomic E-state index is 4.32. The zero-order valence-corrected chi connectivity index (χ0v) is 9.16. The first-order chi connectivity index (χ1) is 5.27. The van der Waals surface area contributed by atoms with Crippen LogP contribution in [0.25, 0.3) is 11.2 Å². The molecule has 2 aromatic rings. The Bertz CT molecular complexity index is 394. The van der Waals surface area contributed by atoms with Gasteiger partial charge in [0.2, 0.25) is 6.33 Å². The molecule has 0 aliphatic heterocycles. The van der Waals surface area contributed by atoms with E-state index in [9.17, 15) is 0 Å². The van der Waals surface area contributed by atoms with Gasteiger partial charge in [0.25, 0.3) is 5.65 Å². The lowest BCUT2D eigenvalue weighted by molar-refractivity contribution is -0.644. The topological polar surface area (TPSA) is 32.6 Å². The first-order valence-electron chi connectivity index (χ1n) is 3.58. The normalized spacial score (nSPS) is 9.83. The summed E-state index contributed by atoms with van der Waals surface area (Å²) in [5.41, 5.74) is 3.13. The van der Waals surface area contributed by atoms with Gasteiger partial charge in [0.1, 0.15) is 0 Å². The molecule has 0 spiro atoms. The molecule has 12 heavy (non-hydrogen) atoms. The number of hydrogen-bond acceptors (Lipinski definition) is 1. The van der Waals surface area contributed by atoms with Crippen LogP contribution in [-0.2, 0) is 7.05 Å². The van der Waals surface area contributed by atoms with E-state index >= 15 is 0 Å². The molecule has 0 unspecified atom stereocenters. The molecule has 0 bridgehead atoms. The van der Waals surface area contributed by atoms with Gasteiger partial charge in [-0.15, -0.1) is 0 Å². The molecular formula is C8H10IN3. The third kappa shape index (κ3) is 1.43. The monoisotopic (exact) mass is 275 g/mol. The van der Waals surface area contributed by atoms with Gasteiger partial charge in [0.15, 0.2) is 5.52 Å². The Morgan fingerprint density at radius 2 is 2.17 bits per heavy atom. The number of pyridine rings is 1. The predicted molar refractivity (Wildman–Crippen MR) is 42.0 cm³/mol. The van der Waals surface area contributed by atoms with E-state index in [1.165, 1.54) is 0 Å². The fourth-order valence-corrected chi connectivity index (χ4v) is 1.17. The van der Waals surface area contributed by atoms with Crippen LogP contribution in [-0.4, -0.2) is 9.97 Å². The van der Waals surface area contributed by atoms with Crippen LogP contribution in [0.15, 0.2) is 18.5 Å². The highest BCUT2D eigenvalue weighted by molar-refractivity contribution is 5.65. The number of nitrogens with zero attached hydrogens (tertiary/aromatic N) is 2. The molecule has 4 heteroatoms. The smallest absolute Gasteiger partial charge is 0.266 e. The van der Waals surface area contributed by atoms with Gasteiger partial charge >= 0.3 is 0 Å². The number of aromatic amines is 1. The average Bonchev–Trinajstić information content (AvgIpc) is 2.32. The SMILES string of the molecule is Cc1ccc2c(n1)[nH]c[n+]2C.[I-]. The molecule has 3 nitrogen and oxygen atoms in total. The fraction of sp³-hybridized carbons (Fsp3) is 0.250. The molecule has 0 aliphatic rings. The van der Waals surface area contributed by atoms with Crippen molar-refractivity contribution in [1.82, 2.24) is 9.97 Å². The molecule has 1 N–H and O–H groups in total. The number of aromatic nitrogens is 3. The number of aryl methyl sites for hydroxylation is 2. The van der Waals surface area contributed by atoms with Gasteiger partial charge in [-0.2, -0.15) is 0 Å². The van der Waals surface area contributed by atoms with Crippen molar-refractivity contribution in [2.45, 2.75) is 6.92 Å². The molecule has 0 aliphatic carbocycles. The summed E-state index contributed by atoms with van der Waals surface area (Å²) in [6.45, 7) is 1.99. The quantitative estimate of drug-likeness (QED) is 0.426. The molecule has 0 amide bonds. The number of H-pyrrole nitrogens is 1. The molecule has 0 atom stereocenters. The molecule has 2 heterocycles. The number of nitrogens with one attached hydrogen (secondary N) is 1. The molecule has 0 saturated carbocycles. The van der Waals surface area contributed by atoms with Crippen molar-refractivity contribution in [2.75, 3.05) is 0 Å². The molecule has 0 saturated heterocycles. The Morgan fingerprint density at radius 1 is 1.42 bits per heavy atom. The van der Waals surface area contributed by atoms with Crippen LogP contribution < -0.4 is 28.5 Å². The highest BCUT2D eigenvalue weighted by Gasteiger charge is 2.05. The van der Waals surface area contributed by atoms with Gasteiger partial charge in [0.05, 0.1) is 7.05 Å². The lowest BCUT2D eigenvalue weighted by atomic mass is 10.3. The summed E-state index contributed by atoms with van der Waals surface area (Å²) in [5, 5.41) is 0. The lowest BCUT2D eigenvalue weighted by Crippen LogP contribution is -3.00. The zero-order valence-electron chi connectivity index (χ0n) is 7.00. The van der Waals surface area contributed by atoms with Crippen LogP contribution in [0.1, 0.15) is 5.69 Å². The van der Waals surface area contributed by atoms with E-state index in [0.717, 1.165) is 16.9 Å². The van der Waals surface area contributed by atoms with Crippen molar-refractivity contribution in [3.05, 3.63) is 24.2 Å². The Labute approximate surface area is 87.8 Å². The molecule has 0 aromatic carbocycles. The van der Waals surface area contributed by atoms with Crippen LogP contribution in [0.2, 0.25) is 0 Å². The number of halogens is 1. The minimum atomic E-state index is 0. The Hall–Kier alpha value is -0.650. The number of imidazole rings is 1. The third-order valence-corrected chi connectivity index (χ3v) is 1.79. The second-order valence-electron chi connectivity index (χ2n) is 2.70. The molecule has 2 rings (SSSR count). The second kappa shape index (κ2) is 3.38. The van der Waals surface area contributed by atoms with Crippen molar-refractivity contribution < 1.29 is 28.5 Å². The van der Waals surface area contributed by atoms with Crippen LogP contribution in [0.5, 0.6) is 0 Å². The van der Waals surface area contributed by atoms with Gasteiger partial charge < -0.3 is 24.0 Å². The fourth-order valence-electron chi connectivity index (χ4n) is 1.17. The van der Waals surface area contributed by atoms with Gasteiger partial charge in [-0.3, -0.25) is 0 Å². The summed E-state index contributed by atoms with van der Waals surface area (Å²) in [5.74, 6) is 0. The molecule has 0 fully saturated rings. The van der Waals surface area contributed by atoms with Gasteiger partial charge in [-0.25, -0.2) is 14.5 Å². The Balaban J connectivity index is 0.000000720. The van der Waals surface area contributed by atoms with E-state index in [-0.39, 0.29) is 24.0 Å². The largest absolute Gasteiger partial charge is 1.00 e. The van der Waals surface area contributed by atoms with Crippen molar-refractivity contribution in [2.24, 2.45) is 7.05 Å². The predicted octanol–water partition coefficient (Wildman–Crippen LogP) is -2.30. The maximum atomic E-state index is 4.32. The summed E-state index contributed by atoms with van der Waals surface area (Å²) >= 11 is 0. The minimum absolute atomic E-state index is 0. The Morgan fingerprint density at radius 3 is 2.92 bits per heavy atom. The van der Waals surface area contributed by atoms with Crippen molar-refractivity contribution in [3.63, 3.8) is 0 Å². The highest BCUT2D eigenvalue weighted by atomic mass is 127. The second-order valence-corrected chi connectivity index (χ2v) is 2.70. The van der Waals surface area contributed by atoms with Gasteiger partial charge in [0, 0.05) is 5.69 Å².